The monoisotopic (exact) mass is 248 g/mol. The number of hydrogen-bond donors (Lipinski definition) is 1. The zero-order chi connectivity index (χ0) is 12.3. The van der Waals surface area contributed by atoms with Gasteiger partial charge in [-0.15, -0.1) is 0 Å². The molecule has 5 nitrogen and oxygen atoms in total. The smallest absolute Gasteiger partial charge is 0.165 e. The molecular weight excluding hydrogens is 236 g/mol. The van der Waals surface area contributed by atoms with Crippen LogP contribution in [0, 0.1) is 0 Å². The molecule has 2 aromatic heterocycles. The molecule has 88 valence electrons. The van der Waals surface area contributed by atoms with Crippen molar-refractivity contribution in [2.75, 3.05) is 0 Å². The fraction of sp³-hybridized carbons (Fsp3) is 0.182. The lowest BCUT2D eigenvalue weighted by molar-refractivity contribution is 0.480. The molecule has 0 saturated carbocycles. The van der Waals surface area contributed by atoms with Crippen molar-refractivity contribution in [3.8, 4) is 11.5 Å². The first kappa shape index (κ1) is 11.5. The fourth-order valence-corrected chi connectivity index (χ4v) is 1.43. The van der Waals surface area contributed by atoms with Gasteiger partial charge in [0.25, 0.3) is 0 Å². The Morgan fingerprint density at radius 2 is 2.35 bits per heavy atom. The van der Waals surface area contributed by atoms with Crippen LogP contribution in [0.1, 0.15) is 12.6 Å². The largest absolute Gasteiger partial charge is 0.454 e. The molecule has 2 N–H and O–H groups in total. The van der Waals surface area contributed by atoms with Gasteiger partial charge in [-0.3, -0.25) is 9.67 Å². The van der Waals surface area contributed by atoms with Crippen LogP contribution in [-0.2, 0) is 6.54 Å². The molecule has 2 heterocycles. The summed E-state index contributed by atoms with van der Waals surface area (Å²) in [5.74, 6) is 1.31. The Bertz CT molecular complexity index is 538. The molecule has 0 atom stereocenters. The normalized spacial score (nSPS) is 10.2. The first-order valence-corrected chi connectivity index (χ1v) is 5.56. The Morgan fingerprint density at radius 3 is 3.00 bits per heavy atom. The number of rotatable bonds is 4. The van der Waals surface area contributed by atoms with Crippen LogP contribution >= 0.6 is 12.2 Å². The number of thiocarbonyl (C=S) groups is 1. The number of nitrogens with two attached hydrogens (primary N) is 1. The van der Waals surface area contributed by atoms with Crippen molar-refractivity contribution in [2.45, 2.75) is 13.5 Å². The van der Waals surface area contributed by atoms with Gasteiger partial charge in [0.15, 0.2) is 5.75 Å². The van der Waals surface area contributed by atoms with Gasteiger partial charge in [-0.25, -0.2) is 0 Å². The number of nitrogens with zero attached hydrogens (tertiary/aromatic N) is 3. The van der Waals surface area contributed by atoms with E-state index in [1.165, 1.54) is 0 Å². The Morgan fingerprint density at radius 1 is 1.53 bits per heavy atom. The topological polar surface area (TPSA) is 66.0 Å². The zero-order valence-corrected chi connectivity index (χ0v) is 10.1. The summed E-state index contributed by atoms with van der Waals surface area (Å²) in [6.45, 7) is 2.81. The minimum absolute atomic E-state index is 0.250. The van der Waals surface area contributed by atoms with Crippen molar-refractivity contribution in [1.29, 1.82) is 0 Å². The van der Waals surface area contributed by atoms with Crippen molar-refractivity contribution in [1.82, 2.24) is 14.8 Å². The van der Waals surface area contributed by atoms with E-state index in [-0.39, 0.29) is 4.99 Å². The molecule has 0 fully saturated rings. The van der Waals surface area contributed by atoms with Crippen molar-refractivity contribution >= 4 is 17.2 Å². The molecular formula is C11H12N4OS. The summed E-state index contributed by atoms with van der Waals surface area (Å²) >= 11 is 4.85. The van der Waals surface area contributed by atoms with Gasteiger partial charge in [-0.2, -0.15) is 5.10 Å². The second kappa shape index (κ2) is 4.92. The summed E-state index contributed by atoms with van der Waals surface area (Å²) in [6.07, 6.45) is 5.08. The molecule has 0 aliphatic rings. The molecule has 0 aromatic carbocycles. The molecule has 0 saturated heterocycles. The van der Waals surface area contributed by atoms with E-state index in [1.54, 1.807) is 29.2 Å². The molecule has 0 spiro atoms. The van der Waals surface area contributed by atoms with E-state index < -0.39 is 0 Å². The van der Waals surface area contributed by atoms with Crippen LogP contribution in [-0.4, -0.2) is 19.8 Å². The Hall–Kier alpha value is -1.95. The quantitative estimate of drug-likeness (QED) is 0.835. The van der Waals surface area contributed by atoms with Crippen LogP contribution < -0.4 is 10.5 Å². The fourth-order valence-electron chi connectivity index (χ4n) is 1.32. The molecule has 6 heteroatoms. The predicted octanol–water partition coefficient (Wildman–Crippen LogP) is 1.72. The van der Waals surface area contributed by atoms with Gasteiger partial charge in [0.2, 0.25) is 0 Å². The summed E-state index contributed by atoms with van der Waals surface area (Å²) in [6, 6.07) is 3.44. The number of pyridine rings is 1. The van der Waals surface area contributed by atoms with Crippen LogP contribution in [0.15, 0.2) is 30.7 Å². The van der Waals surface area contributed by atoms with Gasteiger partial charge < -0.3 is 10.5 Å². The number of aromatic nitrogens is 3. The maximum Gasteiger partial charge on any atom is 0.165 e. The second-order valence-corrected chi connectivity index (χ2v) is 3.81. The van der Waals surface area contributed by atoms with Crippen molar-refractivity contribution in [2.24, 2.45) is 5.73 Å². The third-order valence-electron chi connectivity index (χ3n) is 2.15. The van der Waals surface area contributed by atoms with E-state index in [2.05, 4.69) is 10.1 Å². The molecule has 2 rings (SSSR count). The standard InChI is InChI=1S/C11H12N4OS/c1-2-15-7-9(6-14-15)16-8-3-4-13-10(5-8)11(12)17/h3-7H,2H2,1H3,(H2,12,17). The van der Waals surface area contributed by atoms with Gasteiger partial charge in [0.05, 0.1) is 12.4 Å². The third-order valence-corrected chi connectivity index (χ3v) is 2.36. The van der Waals surface area contributed by atoms with E-state index in [9.17, 15) is 0 Å². The summed E-state index contributed by atoms with van der Waals surface area (Å²) in [7, 11) is 0. The van der Waals surface area contributed by atoms with Gasteiger partial charge in [-0.1, -0.05) is 12.2 Å². The maximum atomic E-state index is 5.61. The van der Waals surface area contributed by atoms with Gasteiger partial charge in [0, 0.05) is 18.8 Å². The molecule has 0 aliphatic heterocycles. The predicted molar refractivity (Wildman–Crippen MR) is 68.1 cm³/mol. The zero-order valence-electron chi connectivity index (χ0n) is 9.33. The van der Waals surface area contributed by atoms with Crippen molar-refractivity contribution < 1.29 is 4.74 Å². The van der Waals surface area contributed by atoms with E-state index in [1.807, 2.05) is 13.1 Å². The number of aryl methyl sites for hydroxylation is 1. The summed E-state index contributed by atoms with van der Waals surface area (Å²) in [4.78, 5) is 4.28. The SMILES string of the molecule is CCn1cc(Oc2ccnc(C(N)=S)c2)cn1. The molecule has 0 radical (unpaired) electrons. The van der Waals surface area contributed by atoms with Crippen LogP contribution in [0.5, 0.6) is 11.5 Å². The second-order valence-electron chi connectivity index (χ2n) is 3.37. The summed E-state index contributed by atoms with van der Waals surface area (Å²) < 4.78 is 7.40. The average Bonchev–Trinajstić information content (AvgIpc) is 2.77. The lowest BCUT2D eigenvalue weighted by Gasteiger charge is -2.03. The van der Waals surface area contributed by atoms with Crippen LogP contribution in [0.2, 0.25) is 0 Å². The maximum absolute atomic E-state index is 5.61. The first-order chi connectivity index (χ1) is 8.19. The highest BCUT2D eigenvalue weighted by Gasteiger charge is 2.03. The first-order valence-electron chi connectivity index (χ1n) is 5.15. The molecule has 0 amide bonds. The van der Waals surface area contributed by atoms with Gasteiger partial charge in [-0.05, 0) is 13.0 Å². The van der Waals surface area contributed by atoms with Crippen molar-refractivity contribution in [3.05, 3.63) is 36.4 Å². The number of hydrogen-bond acceptors (Lipinski definition) is 4. The van der Waals surface area contributed by atoms with E-state index in [0.29, 0.717) is 17.2 Å². The van der Waals surface area contributed by atoms with E-state index >= 15 is 0 Å². The Balaban J connectivity index is 2.18. The highest BCUT2D eigenvalue weighted by molar-refractivity contribution is 7.80. The molecule has 0 bridgehead atoms. The lowest BCUT2D eigenvalue weighted by atomic mass is 10.3. The molecule has 0 unspecified atom stereocenters. The molecule has 2 aromatic rings. The van der Waals surface area contributed by atoms with Crippen LogP contribution in [0.3, 0.4) is 0 Å². The third kappa shape index (κ3) is 2.79. The minimum atomic E-state index is 0.250. The Labute approximate surface area is 104 Å². The van der Waals surface area contributed by atoms with Crippen LogP contribution in [0.25, 0.3) is 0 Å². The van der Waals surface area contributed by atoms with Gasteiger partial charge >= 0.3 is 0 Å². The highest BCUT2D eigenvalue weighted by atomic mass is 32.1. The van der Waals surface area contributed by atoms with E-state index in [4.69, 9.17) is 22.7 Å². The van der Waals surface area contributed by atoms with Gasteiger partial charge in [0.1, 0.15) is 16.4 Å². The lowest BCUT2D eigenvalue weighted by Crippen LogP contribution is -2.11. The Kier molecular flexibility index (Phi) is 3.34. The molecule has 17 heavy (non-hydrogen) atoms. The van der Waals surface area contributed by atoms with Crippen molar-refractivity contribution in [3.63, 3.8) is 0 Å². The molecule has 0 aliphatic carbocycles. The van der Waals surface area contributed by atoms with Crippen LogP contribution in [0.4, 0.5) is 0 Å². The van der Waals surface area contributed by atoms with E-state index in [0.717, 1.165) is 6.54 Å². The highest BCUT2D eigenvalue weighted by Crippen LogP contribution is 2.20. The summed E-state index contributed by atoms with van der Waals surface area (Å²) in [5, 5.41) is 4.11. The average molecular weight is 248 g/mol. The number of ether oxygens (including phenoxy) is 1. The minimum Gasteiger partial charge on any atom is -0.454 e. The summed E-state index contributed by atoms with van der Waals surface area (Å²) in [5.41, 5.74) is 6.04.